The molecule has 1 amide bonds. The van der Waals surface area contributed by atoms with Crippen LogP contribution in [-0.2, 0) is 4.79 Å². The molecule has 4 heteroatoms. The van der Waals surface area contributed by atoms with Gasteiger partial charge in [-0.25, -0.2) is 4.39 Å². The number of hydrogen-bond acceptors (Lipinski definition) is 2. The first-order chi connectivity index (χ1) is 10.1. The zero-order valence-corrected chi connectivity index (χ0v) is 12.8. The SMILES string of the molecule is Cc1cc(C)cc(N2C(=O)CSC2c2ccccc2F)c1. The van der Waals surface area contributed by atoms with Crippen molar-refractivity contribution in [1.82, 2.24) is 0 Å². The van der Waals surface area contributed by atoms with E-state index in [1.54, 1.807) is 23.1 Å². The minimum atomic E-state index is -0.292. The van der Waals surface area contributed by atoms with Crippen LogP contribution in [-0.4, -0.2) is 11.7 Å². The van der Waals surface area contributed by atoms with Gasteiger partial charge in [0, 0.05) is 11.3 Å². The minimum absolute atomic E-state index is 0.0262. The minimum Gasteiger partial charge on any atom is -0.295 e. The van der Waals surface area contributed by atoms with E-state index in [0.29, 0.717) is 11.3 Å². The second-order valence-corrected chi connectivity index (χ2v) is 6.36. The van der Waals surface area contributed by atoms with E-state index in [1.165, 1.54) is 17.8 Å². The smallest absolute Gasteiger partial charge is 0.238 e. The molecule has 1 aliphatic heterocycles. The van der Waals surface area contributed by atoms with Gasteiger partial charge in [0.1, 0.15) is 11.2 Å². The highest BCUT2D eigenvalue weighted by Crippen LogP contribution is 2.42. The van der Waals surface area contributed by atoms with Gasteiger partial charge in [-0.2, -0.15) is 0 Å². The maximum Gasteiger partial charge on any atom is 0.238 e. The number of anilines is 1. The summed E-state index contributed by atoms with van der Waals surface area (Å²) in [5.74, 6) is 0.142. The van der Waals surface area contributed by atoms with E-state index >= 15 is 0 Å². The zero-order valence-electron chi connectivity index (χ0n) is 12.0. The second-order valence-electron chi connectivity index (χ2n) is 5.29. The van der Waals surface area contributed by atoms with Crippen molar-refractivity contribution in [2.75, 3.05) is 10.7 Å². The second kappa shape index (κ2) is 5.53. The Morgan fingerprint density at radius 2 is 1.81 bits per heavy atom. The lowest BCUT2D eigenvalue weighted by molar-refractivity contribution is -0.115. The van der Waals surface area contributed by atoms with Crippen molar-refractivity contribution >= 4 is 23.4 Å². The Kier molecular flexibility index (Phi) is 3.72. The predicted molar refractivity (Wildman–Crippen MR) is 85.0 cm³/mol. The number of benzene rings is 2. The fourth-order valence-corrected chi connectivity index (χ4v) is 3.90. The van der Waals surface area contributed by atoms with Crippen molar-refractivity contribution in [2.24, 2.45) is 0 Å². The van der Waals surface area contributed by atoms with E-state index < -0.39 is 0 Å². The molecule has 2 aromatic rings. The van der Waals surface area contributed by atoms with E-state index in [4.69, 9.17) is 0 Å². The Bertz CT molecular complexity index is 681. The lowest BCUT2D eigenvalue weighted by Gasteiger charge is -2.25. The molecule has 0 aromatic heterocycles. The number of amides is 1. The number of rotatable bonds is 2. The monoisotopic (exact) mass is 301 g/mol. The zero-order chi connectivity index (χ0) is 15.0. The molecule has 1 saturated heterocycles. The van der Waals surface area contributed by atoms with Crippen molar-refractivity contribution in [3.8, 4) is 0 Å². The maximum absolute atomic E-state index is 14.1. The van der Waals surface area contributed by atoms with Crippen molar-refractivity contribution in [2.45, 2.75) is 19.2 Å². The van der Waals surface area contributed by atoms with E-state index in [-0.39, 0.29) is 17.1 Å². The molecule has 1 atom stereocenters. The molecule has 0 saturated carbocycles. The third kappa shape index (κ3) is 2.68. The van der Waals surface area contributed by atoms with Gasteiger partial charge in [0.25, 0.3) is 0 Å². The molecule has 1 aliphatic rings. The summed E-state index contributed by atoms with van der Waals surface area (Å²) in [7, 11) is 0. The number of carbonyl (C=O) groups is 1. The fraction of sp³-hybridized carbons (Fsp3) is 0.235. The van der Waals surface area contributed by atoms with Crippen LogP contribution in [0.2, 0.25) is 0 Å². The molecule has 1 unspecified atom stereocenters. The summed E-state index contributed by atoms with van der Waals surface area (Å²) in [6.07, 6.45) is 0. The van der Waals surface area contributed by atoms with Crippen molar-refractivity contribution in [3.05, 3.63) is 65.0 Å². The number of carbonyl (C=O) groups excluding carboxylic acids is 1. The summed E-state index contributed by atoms with van der Waals surface area (Å²) in [5, 5.41) is -0.292. The topological polar surface area (TPSA) is 20.3 Å². The standard InChI is InChI=1S/C17H16FNOS/c1-11-7-12(2)9-13(8-11)19-16(20)10-21-17(19)14-5-3-4-6-15(14)18/h3-9,17H,10H2,1-2H3. The van der Waals surface area contributed by atoms with Gasteiger partial charge in [0.15, 0.2) is 0 Å². The van der Waals surface area contributed by atoms with Crippen molar-refractivity contribution in [1.29, 1.82) is 0 Å². The predicted octanol–water partition coefficient (Wildman–Crippen LogP) is 4.22. The number of halogens is 1. The highest BCUT2D eigenvalue weighted by Gasteiger charge is 2.35. The van der Waals surface area contributed by atoms with E-state index in [0.717, 1.165) is 16.8 Å². The van der Waals surface area contributed by atoms with Gasteiger partial charge in [0.05, 0.1) is 5.75 Å². The average Bonchev–Trinajstić information content (AvgIpc) is 2.80. The van der Waals surface area contributed by atoms with Crippen LogP contribution in [0.25, 0.3) is 0 Å². The summed E-state index contributed by atoms with van der Waals surface area (Å²) >= 11 is 1.47. The maximum atomic E-state index is 14.1. The van der Waals surface area contributed by atoms with Crippen LogP contribution in [0, 0.1) is 19.7 Å². The summed E-state index contributed by atoms with van der Waals surface area (Å²) in [6, 6.07) is 12.7. The lowest BCUT2D eigenvalue weighted by atomic mass is 10.1. The number of aryl methyl sites for hydroxylation is 2. The highest BCUT2D eigenvalue weighted by atomic mass is 32.2. The van der Waals surface area contributed by atoms with Gasteiger partial charge >= 0.3 is 0 Å². The van der Waals surface area contributed by atoms with E-state index in [2.05, 4.69) is 6.07 Å². The molecule has 21 heavy (non-hydrogen) atoms. The molecule has 1 heterocycles. The quantitative estimate of drug-likeness (QED) is 0.827. The molecule has 0 radical (unpaired) electrons. The first kappa shape index (κ1) is 14.1. The lowest BCUT2D eigenvalue weighted by Crippen LogP contribution is -2.28. The number of nitrogens with zero attached hydrogens (tertiary/aromatic N) is 1. The third-order valence-electron chi connectivity index (χ3n) is 3.52. The molecule has 0 aliphatic carbocycles. The van der Waals surface area contributed by atoms with E-state index in [1.807, 2.05) is 26.0 Å². The molecule has 0 N–H and O–H groups in total. The summed E-state index contributed by atoms with van der Waals surface area (Å²) < 4.78 is 14.1. The highest BCUT2D eigenvalue weighted by molar-refractivity contribution is 8.00. The Labute approximate surface area is 128 Å². The Balaban J connectivity index is 2.06. The first-order valence-electron chi connectivity index (χ1n) is 6.82. The summed E-state index contributed by atoms with van der Waals surface area (Å²) in [6.45, 7) is 4.00. The Morgan fingerprint density at radius 3 is 2.48 bits per heavy atom. The van der Waals surface area contributed by atoms with Crippen LogP contribution in [0.5, 0.6) is 0 Å². The molecule has 2 nitrogen and oxygen atoms in total. The molecule has 0 spiro atoms. The molecular formula is C17H16FNOS. The molecule has 1 fully saturated rings. The summed E-state index contributed by atoms with van der Waals surface area (Å²) in [4.78, 5) is 14.0. The Hall–Kier alpha value is -1.81. The Morgan fingerprint density at radius 1 is 1.14 bits per heavy atom. The summed E-state index contributed by atoms with van der Waals surface area (Å²) in [5.41, 5.74) is 3.60. The largest absolute Gasteiger partial charge is 0.295 e. The van der Waals surface area contributed by atoms with Crippen LogP contribution in [0.1, 0.15) is 22.1 Å². The van der Waals surface area contributed by atoms with Gasteiger partial charge in [-0.1, -0.05) is 24.3 Å². The van der Waals surface area contributed by atoms with Gasteiger partial charge in [-0.3, -0.25) is 9.69 Å². The van der Waals surface area contributed by atoms with Crippen LogP contribution >= 0.6 is 11.8 Å². The molecule has 2 aromatic carbocycles. The van der Waals surface area contributed by atoms with E-state index in [9.17, 15) is 9.18 Å². The normalized spacial score (nSPS) is 18.3. The third-order valence-corrected chi connectivity index (χ3v) is 4.72. The number of thioether (sulfide) groups is 1. The van der Waals surface area contributed by atoms with Crippen molar-refractivity contribution < 1.29 is 9.18 Å². The van der Waals surface area contributed by atoms with Crippen molar-refractivity contribution in [3.63, 3.8) is 0 Å². The fourth-order valence-electron chi connectivity index (χ4n) is 2.70. The van der Waals surface area contributed by atoms with Gasteiger partial charge in [0.2, 0.25) is 5.91 Å². The van der Waals surface area contributed by atoms with Gasteiger partial charge in [-0.15, -0.1) is 11.8 Å². The van der Waals surface area contributed by atoms with Crippen LogP contribution in [0.4, 0.5) is 10.1 Å². The average molecular weight is 301 g/mol. The van der Waals surface area contributed by atoms with Gasteiger partial charge in [-0.05, 0) is 43.2 Å². The molecule has 108 valence electrons. The molecule has 3 rings (SSSR count). The first-order valence-corrected chi connectivity index (χ1v) is 7.87. The van der Waals surface area contributed by atoms with Crippen LogP contribution < -0.4 is 4.90 Å². The van der Waals surface area contributed by atoms with Gasteiger partial charge < -0.3 is 0 Å². The van der Waals surface area contributed by atoms with Crippen LogP contribution in [0.3, 0.4) is 0 Å². The molecular weight excluding hydrogens is 285 g/mol. The van der Waals surface area contributed by atoms with Crippen LogP contribution in [0.15, 0.2) is 42.5 Å². The molecule has 0 bridgehead atoms. The number of hydrogen-bond donors (Lipinski definition) is 0.